The van der Waals surface area contributed by atoms with Crippen LogP contribution in [-0.2, 0) is 15.6 Å². The van der Waals surface area contributed by atoms with E-state index in [9.17, 15) is 8.42 Å². The number of sulfone groups is 1. The summed E-state index contributed by atoms with van der Waals surface area (Å²) < 4.78 is 30.1. The van der Waals surface area contributed by atoms with Gasteiger partial charge in [0, 0.05) is 10.0 Å². The number of furan rings is 1. The Kier molecular flexibility index (Phi) is 4.42. The Balaban J connectivity index is 2.32. The largest absolute Gasteiger partial charge is 0.472 e. The van der Waals surface area contributed by atoms with Gasteiger partial charge in [-0.25, -0.2) is 8.42 Å². The molecule has 0 amide bonds. The summed E-state index contributed by atoms with van der Waals surface area (Å²) in [5.74, 6) is -0.219. The molecule has 1 aromatic carbocycles. The summed E-state index contributed by atoms with van der Waals surface area (Å²) in [7, 11) is -3.68. The molecule has 0 fully saturated rings. The first-order valence-corrected chi connectivity index (χ1v) is 8.07. The molecule has 2 rings (SSSR count). The molecular formula is C14H10BrNO3S. The number of hydrogen-bond donors (Lipinski definition) is 0. The van der Waals surface area contributed by atoms with Gasteiger partial charge in [0.25, 0.3) is 0 Å². The fourth-order valence-corrected chi connectivity index (χ4v) is 3.30. The van der Waals surface area contributed by atoms with Crippen LogP contribution in [0.3, 0.4) is 0 Å². The van der Waals surface area contributed by atoms with Crippen molar-refractivity contribution < 1.29 is 12.8 Å². The Hall–Kier alpha value is -1.84. The van der Waals surface area contributed by atoms with E-state index in [1.807, 2.05) is 6.07 Å². The van der Waals surface area contributed by atoms with Crippen LogP contribution in [-0.4, -0.2) is 8.42 Å². The predicted molar refractivity (Wildman–Crippen MR) is 79.1 cm³/mol. The highest BCUT2D eigenvalue weighted by atomic mass is 79.9. The van der Waals surface area contributed by atoms with Crippen molar-refractivity contribution in [3.8, 4) is 6.07 Å². The van der Waals surface area contributed by atoms with Crippen molar-refractivity contribution in [1.29, 1.82) is 5.26 Å². The van der Waals surface area contributed by atoms with Crippen molar-refractivity contribution in [1.82, 2.24) is 0 Å². The standard InChI is InChI=1S/C14H10BrNO3S/c15-13-3-1-2-12(6-13)10-20(17,18)14(8-16)7-11-4-5-19-9-11/h1-7,9H,10H2/b14-7+. The summed E-state index contributed by atoms with van der Waals surface area (Å²) in [5.41, 5.74) is 1.16. The molecule has 0 aliphatic carbocycles. The van der Waals surface area contributed by atoms with E-state index < -0.39 is 9.84 Å². The van der Waals surface area contributed by atoms with Gasteiger partial charge in [-0.15, -0.1) is 0 Å². The molecule has 0 unspecified atom stereocenters. The predicted octanol–water partition coefficient (Wildman–Crippen LogP) is 3.52. The number of nitriles is 1. The van der Waals surface area contributed by atoms with Gasteiger partial charge in [0.2, 0.25) is 0 Å². The third kappa shape index (κ3) is 3.59. The number of rotatable bonds is 4. The number of halogens is 1. The lowest BCUT2D eigenvalue weighted by Gasteiger charge is -2.03. The van der Waals surface area contributed by atoms with Gasteiger partial charge in [0.1, 0.15) is 11.0 Å². The Labute approximate surface area is 125 Å². The lowest BCUT2D eigenvalue weighted by Crippen LogP contribution is -2.06. The lowest BCUT2D eigenvalue weighted by atomic mass is 10.2. The number of benzene rings is 1. The molecule has 0 radical (unpaired) electrons. The van der Waals surface area contributed by atoms with Crippen molar-refractivity contribution in [2.75, 3.05) is 0 Å². The highest BCUT2D eigenvalue weighted by Crippen LogP contribution is 2.19. The monoisotopic (exact) mass is 351 g/mol. The van der Waals surface area contributed by atoms with E-state index in [1.54, 1.807) is 30.3 Å². The Morgan fingerprint density at radius 2 is 2.20 bits per heavy atom. The minimum atomic E-state index is -3.68. The molecule has 0 aliphatic heterocycles. The SMILES string of the molecule is N#C/C(=C\c1ccoc1)S(=O)(=O)Cc1cccc(Br)c1. The van der Waals surface area contributed by atoms with E-state index in [4.69, 9.17) is 9.68 Å². The van der Waals surface area contributed by atoms with E-state index in [1.165, 1.54) is 18.6 Å². The van der Waals surface area contributed by atoms with Crippen LogP contribution in [0.15, 0.2) is 56.7 Å². The first-order chi connectivity index (χ1) is 9.51. The number of nitrogens with zero attached hydrogens (tertiary/aromatic N) is 1. The van der Waals surface area contributed by atoms with Crippen LogP contribution in [0.4, 0.5) is 0 Å². The van der Waals surface area contributed by atoms with Crippen LogP contribution in [0.25, 0.3) is 6.08 Å². The van der Waals surface area contributed by atoms with Gasteiger partial charge in [-0.05, 0) is 29.8 Å². The Morgan fingerprint density at radius 1 is 1.40 bits per heavy atom. The molecule has 6 heteroatoms. The number of allylic oxidation sites excluding steroid dienone is 1. The fourth-order valence-electron chi connectivity index (χ4n) is 1.62. The van der Waals surface area contributed by atoms with Crippen molar-refractivity contribution in [2.45, 2.75) is 5.75 Å². The summed E-state index contributed by atoms with van der Waals surface area (Å²) in [6.45, 7) is 0. The molecule has 20 heavy (non-hydrogen) atoms. The quantitative estimate of drug-likeness (QED) is 0.790. The van der Waals surface area contributed by atoms with Crippen LogP contribution in [0.1, 0.15) is 11.1 Å². The molecule has 0 N–H and O–H groups in total. The van der Waals surface area contributed by atoms with Crippen molar-refractivity contribution in [3.05, 3.63) is 63.4 Å². The minimum absolute atomic E-state index is 0.219. The molecule has 0 saturated carbocycles. The summed E-state index contributed by atoms with van der Waals surface area (Å²) in [6, 6.07) is 10.3. The first-order valence-electron chi connectivity index (χ1n) is 5.62. The van der Waals surface area contributed by atoms with Gasteiger partial charge in [-0.3, -0.25) is 0 Å². The zero-order chi connectivity index (χ0) is 14.6. The topological polar surface area (TPSA) is 71.1 Å². The average molecular weight is 352 g/mol. The van der Waals surface area contributed by atoms with Gasteiger partial charge in [0.05, 0.1) is 18.3 Å². The maximum absolute atomic E-state index is 12.2. The van der Waals surface area contributed by atoms with Gasteiger partial charge >= 0.3 is 0 Å². The summed E-state index contributed by atoms with van der Waals surface area (Å²) in [4.78, 5) is -0.279. The van der Waals surface area contributed by atoms with Gasteiger partial charge in [0.15, 0.2) is 9.84 Å². The third-order valence-corrected chi connectivity index (χ3v) is 4.62. The highest BCUT2D eigenvalue weighted by Gasteiger charge is 2.19. The highest BCUT2D eigenvalue weighted by molar-refractivity contribution is 9.10. The molecule has 0 bridgehead atoms. The molecule has 2 aromatic rings. The van der Waals surface area contributed by atoms with E-state index in [2.05, 4.69) is 15.9 Å². The Bertz CT molecular complexity index is 771. The molecule has 0 aliphatic rings. The van der Waals surface area contributed by atoms with Crippen LogP contribution in [0, 0.1) is 11.3 Å². The zero-order valence-electron chi connectivity index (χ0n) is 10.3. The lowest BCUT2D eigenvalue weighted by molar-refractivity contribution is 0.567. The summed E-state index contributed by atoms with van der Waals surface area (Å²) in [5, 5.41) is 9.06. The second kappa shape index (κ2) is 6.07. The maximum atomic E-state index is 12.2. The van der Waals surface area contributed by atoms with E-state index in [0.29, 0.717) is 11.1 Å². The van der Waals surface area contributed by atoms with Gasteiger partial charge in [-0.1, -0.05) is 28.1 Å². The fraction of sp³-hybridized carbons (Fsp3) is 0.0714. The molecule has 0 saturated heterocycles. The second-order valence-corrected chi connectivity index (χ2v) is 6.94. The summed E-state index contributed by atoms with van der Waals surface area (Å²) in [6.07, 6.45) is 4.10. The number of hydrogen-bond acceptors (Lipinski definition) is 4. The first kappa shape index (κ1) is 14.6. The maximum Gasteiger partial charge on any atom is 0.192 e. The second-order valence-electron chi connectivity index (χ2n) is 4.07. The molecule has 1 heterocycles. The smallest absolute Gasteiger partial charge is 0.192 e. The van der Waals surface area contributed by atoms with E-state index in [0.717, 1.165) is 4.47 Å². The van der Waals surface area contributed by atoms with Gasteiger partial charge < -0.3 is 4.42 Å². The molecule has 0 atom stereocenters. The Morgan fingerprint density at radius 3 is 2.80 bits per heavy atom. The van der Waals surface area contributed by atoms with Gasteiger partial charge in [-0.2, -0.15) is 5.26 Å². The van der Waals surface area contributed by atoms with Crippen LogP contribution in [0.5, 0.6) is 0 Å². The van der Waals surface area contributed by atoms with Crippen molar-refractivity contribution in [3.63, 3.8) is 0 Å². The van der Waals surface area contributed by atoms with Crippen LogP contribution < -0.4 is 0 Å². The zero-order valence-corrected chi connectivity index (χ0v) is 12.7. The summed E-state index contributed by atoms with van der Waals surface area (Å²) >= 11 is 3.29. The normalized spacial score (nSPS) is 12.1. The third-order valence-electron chi connectivity index (χ3n) is 2.53. The molecule has 102 valence electrons. The van der Waals surface area contributed by atoms with Crippen molar-refractivity contribution >= 4 is 31.8 Å². The molecule has 4 nitrogen and oxygen atoms in total. The van der Waals surface area contributed by atoms with Crippen LogP contribution >= 0.6 is 15.9 Å². The molecule has 1 aromatic heterocycles. The van der Waals surface area contributed by atoms with E-state index in [-0.39, 0.29) is 10.7 Å². The van der Waals surface area contributed by atoms with Crippen molar-refractivity contribution in [2.24, 2.45) is 0 Å². The average Bonchev–Trinajstić information content (AvgIpc) is 2.88. The minimum Gasteiger partial charge on any atom is -0.472 e. The molecule has 0 spiro atoms. The van der Waals surface area contributed by atoms with Crippen LogP contribution in [0.2, 0.25) is 0 Å². The van der Waals surface area contributed by atoms with E-state index >= 15 is 0 Å². The molecular weight excluding hydrogens is 342 g/mol.